The van der Waals surface area contributed by atoms with Gasteiger partial charge < -0.3 is 4.90 Å². The molecule has 2 nitrogen and oxygen atoms in total. The van der Waals surface area contributed by atoms with Crippen LogP contribution in [0.15, 0.2) is 30.3 Å². The third kappa shape index (κ3) is 3.56. The summed E-state index contributed by atoms with van der Waals surface area (Å²) in [6, 6.07) is 9.89. The van der Waals surface area contributed by atoms with Crippen molar-refractivity contribution >= 4 is 17.5 Å². The normalized spacial score (nSPS) is 12.2. The lowest BCUT2D eigenvalue weighted by molar-refractivity contribution is -0.130. The van der Waals surface area contributed by atoms with Crippen LogP contribution in [-0.4, -0.2) is 23.2 Å². The Hall–Kier alpha value is -1.02. The van der Waals surface area contributed by atoms with Gasteiger partial charge in [0.05, 0.1) is 0 Å². The molecule has 0 saturated heterocycles. The SMILES string of the molecule is CCC(Cl)C(=O)N(C)Cc1ccccc1. The molecule has 0 aliphatic carbocycles. The van der Waals surface area contributed by atoms with Gasteiger partial charge in [-0.1, -0.05) is 37.3 Å². The maximum Gasteiger partial charge on any atom is 0.240 e. The van der Waals surface area contributed by atoms with Gasteiger partial charge in [-0.15, -0.1) is 11.6 Å². The van der Waals surface area contributed by atoms with Crippen LogP contribution in [0.3, 0.4) is 0 Å². The Morgan fingerprint density at radius 3 is 2.53 bits per heavy atom. The highest BCUT2D eigenvalue weighted by Gasteiger charge is 2.17. The zero-order chi connectivity index (χ0) is 11.3. The first-order chi connectivity index (χ1) is 7.15. The van der Waals surface area contributed by atoms with Gasteiger partial charge in [0.1, 0.15) is 5.38 Å². The molecule has 0 fully saturated rings. The predicted octanol–water partition coefficient (Wildman–Crippen LogP) is 2.66. The van der Waals surface area contributed by atoms with Gasteiger partial charge in [0.15, 0.2) is 0 Å². The molecule has 0 radical (unpaired) electrons. The molecular formula is C12H16ClNO. The lowest BCUT2D eigenvalue weighted by Crippen LogP contribution is -2.32. The molecule has 0 saturated carbocycles. The second kappa shape index (κ2) is 5.76. The molecule has 0 N–H and O–H groups in total. The Kier molecular flexibility index (Phi) is 4.63. The van der Waals surface area contributed by atoms with E-state index in [4.69, 9.17) is 11.6 Å². The molecule has 1 aromatic rings. The van der Waals surface area contributed by atoms with Crippen LogP contribution in [0.1, 0.15) is 18.9 Å². The Morgan fingerprint density at radius 2 is 2.00 bits per heavy atom. The third-order valence-electron chi connectivity index (χ3n) is 2.27. The number of hydrogen-bond donors (Lipinski definition) is 0. The number of hydrogen-bond acceptors (Lipinski definition) is 1. The summed E-state index contributed by atoms with van der Waals surface area (Å²) in [5, 5.41) is -0.404. The molecule has 0 heterocycles. The van der Waals surface area contributed by atoms with Crippen molar-refractivity contribution in [2.24, 2.45) is 0 Å². The number of rotatable bonds is 4. The fourth-order valence-electron chi connectivity index (χ4n) is 1.35. The van der Waals surface area contributed by atoms with Crippen LogP contribution in [0.2, 0.25) is 0 Å². The van der Waals surface area contributed by atoms with Gasteiger partial charge in [-0.3, -0.25) is 4.79 Å². The van der Waals surface area contributed by atoms with Crippen LogP contribution in [-0.2, 0) is 11.3 Å². The summed E-state index contributed by atoms with van der Waals surface area (Å²) in [5.74, 6) is -0.0111. The van der Waals surface area contributed by atoms with Gasteiger partial charge in [0.25, 0.3) is 0 Å². The van der Waals surface area contributed by atoms with Crippen LogP contribution >= 0.6 is 11.6 Å². The zero-order valence-corrected chi connectivity index (χ0v) is 9.87. The molecule has 1 atom stereocenters. The average molecular weight is 226 g/mol. The standard InChI is InChI=1S/C12H16ClNO/c1-3-11(13)12(15)14(2)9-10-7-5-4-6-8-10/h4-8,11H,3,9H2,1-2H3. The summed E-state index contributed by atoms with van der Waals surface area (Å²) in [6.07, 6.45) is 0.666. The molecule has 0 spiro atoms. The lowest BCUT2D eigenvalue weighted by Gasteiger charge is -2.19. The van der Waals surface area contributed by atoms with E-state index in [1.54, 1.807) is 11.9 Å². The van der Waals surface area contributed by atoms with E-state index >= 15 is 0 Å². The number of amides is 1. The van der Waals surface area contributed by atoms with Crippen LogP contribution in [0, 0.1) is 0 Å². The van der Waals surface area contributed by atoms with E-state index in [0.717, 1.165) is 5.56 Å². The van der Waals surface area contributed by atoms with Crippen molar-refractivity contribution in [3.63, 3.8) is 0 Å². The molecule has 82 valence electrons. The van der Waals surface area contributed by atoms with Gasteiger partial charge in [0.2, 0.25) is 5.91 Å². The zero-order valence-electron chi connectivity index (χ0n) is 9.11. The Bertz CT molecular complexity index is 313. The Labute approximate surface area is 95.8 Å². The number of benzene rings is 1. The summed E-state index contributed by atoms with van der Waals surface area (Å²) in [7, 11) is 1.78. The summed E-state index contributed by atoms with van der Waals surface area (Å²) in [6.45, 7) is 2.52. The molecule has 0 aliphatic rings. The van der Waals surface area contributed by atoms with Crippen molar-refractivity contribution in [1.29, 1.82) is 0 Å². The van der Waals surface area contributed by atoms with E-state index in [0.29, 0.717) is 13.0 Å². The molecule has 0 aliphatic heterocycles. The van der Waals surface area contributed by atoms with E-state index in [1.165, 1.54) is 0 Å². The highest BCUT2D eigenvalue weighted by Crippen LogP contribution is 2.09. The van der Waals surface area contributed by atoms with Crippen LogP contribution < -0.4 is 0 Å². The van der Waals surface area contributed by atoms with E-state index in [-0.39, 0.29) is 5.91 Å². The fraction of sp³-hybridized carbons (Fsp3) is 0.417. The van der Waals surface area contributed by atoms with E-state index in [9.17, 15) is 4.79 Å². The van der Waals surface area contributed by atoms with E-state index in [1.807, 2.05) is 37.3 Å². The van der Waals surface area contributed by atoms with Crippen molar-refractivity contribution in [3.05, 3.63) is 35.9 Å². The number of halogens is 1. The maximum atomic E-state index is 11.7. The highest BCUT2D eigenvalue weighted by atomic mass is 35.5. The number of alkyl halides is 1. The fourth-order valence-corrected chi connectivity index (χ4v) is 1.52. The monoisotopic (exact) mass is 225 g/mol. The van der Waals surface area contributed by atoms with Gasteiger partial charge in [-0.2, -0.15) is 0 Å². The van der Waals surface area contributed by atoms with Gasteiger partial charge in [-0.05, 0) is 12.0 Å². The maximum absolute atomic E-state index is 11.7. The van der Waals surface area contributed by atoms with Crippen molar-refractivity contribution in [3.8, 4) is 0 Å². The van der Waals surface area contributed by atoms with Crippen molar-refractivity contribution < 1.29 is 4.79 Å². The van der Waals surface area contributed by atoms with E-state index < -0.39 is 5.38 Å². The number of carbonyl (C=O) groups excluding carboxylic acids is 1. The van der Waals surface area contributed by atoms with Crippen molar-refractivity contribution in [1.82, 2.24) is 4.90 Å². The largest absolute Gasteiger partial charge is 0.340 e. The number of carbonyl (C=O) groups is 1. The van der Waals surface area contributed by atoms with Crippen LogP contribution in [0.4, 0.5) is 0 Å². The van der Waals surface area contributed by atoms with Crippen molar-refractivity contribution in [2.75, 3.05) is 7.05 Å². The highest BCUT2D eigenvalue weighted by molar-refractivity contribution is 6.30. The summed E-state index contributed by atoms with van der Waals surface area (Å²) in [4.78, 5) is 13.3. The van der Waals surface area contributed by atoms with Gasteiger partial charge >= 0.3 is 0 Å². The Balaban J connectivity index is 2.56. The summed E-state index contributed by atoms with van der Waals surface area (Å²) >= 11 is 5.89. The first kappa shape index (κ1) is 12.1. The molecule has 1 amide bonds. The summed E-state index contributed by atoms with van der Waals surface area (Å²) < 4.78 is 0. The molecular weight excluding hydrogens is 210 g/mol. The second-order valence-electron chi connectivity index (χ2n) is 3.56. The lowest BCUT2D eigenvalue weighted by atomic mass is 10.2. The average Bonchev–Trinajstić information content (AvgIpc) is 2.28. The molecule has 0 bridgehead atoms. The molecule has 1 unspecified atom stereocenters. The van der Waals surface area contributed by atoms with E-state index in [2.05, 4.69) is 0 Å². The Morgan fingerprint density at radius 1 is 1.40 bits per heavy atom. The summed E-state index contributed by atoms with van der Waals surface area (Å²) in [5.41, 5.74) is 1.12. The first-order valence-corrected chi connectivity index (χ1v) is 5.51. The number of nitrogens with zero attached hydrogens (tertiary/aromatic N) is 1. The predicted molar refractivity (Wildman–Crippen MR) is 62.8 cm³/mol. The quantitative estimate of drug-likeness (QED) is 0.722. The third-order valence-corrected chi connectivity index (χ3v) is 2.76. The van der Waals surface area contributed by atoms with Crippen molar-refractivity contribution in [2.45, 2.75) is 25.3 Å². The molecule has 3 heteroatoms. The van der Waals surface area contributed by atoms with Gasteiger partial charge in [0, 0.05) is 13.6 Å². The van der Waals surface area contributed by atoms with Gasteiger partial charge in [-0.25, -0.2) is 0 Å². The molecule has 15 heavy (non-hydrogen) atoms. The molecule has 1 rings (SSSR count). The molecule has 0 aromatic heterocycles. The van der Waals surface area contributed by atoms with Crippen LogP contribution in [0.25, 0.3) is 0 Å². The smallest absolute Gasteiger partial charge is 0.240 e. The first-order valence-electron chi connectivity index (χ1n) is 5.08. The van der Waals surface area contributed by atoms with Crippen LogP contribution in [0.5, 0.6) is 0 Å². The minimum absolute atomic E-state index is 0.0111. The second-order valence-corrected chi connectivity index (χ2v) is 4.08. The topological polar surface area (TPSA) is 20.3 Å². The molecule has 1 aromatic carbocycles. The minimum Gasteiger partial charge on any atom is -0.340 e. The minimum atomic E-state index is -0.404.